The molecule has 0 fully saturated rings. The molecule has 0 saturated heterocycles. The van der Waals surface area contributed by atoms with E-state index < -0.39 is 0 Å². The Morgan fingerprint density at radius 3 is 2.79 bits per heavy atom. The Morgan fingerprint density at radius 1 is 1.21 bits per heavy atom. The number of nitrogens with one attached hydrogen (secondary N) is 2. The molecule has 0 aliphatic heterocycles. The van der Waals surface area contributed by atoms with Crippen molar-refractivity contribution in [1.82, 2.24) is 20.6 Å². The molecule has 0 amide bonds. The van der Waals surface area contributed by atoms with E-state index in [4.69, 9.17) is 0 Å². The standard InChI is InChI=1S/C10H18N4/c1-2-11-4-3-5-12-8-10-9-13-6-7-14-10/h6-7,9,11-12H,2-5,8H2,1H3. The van der Waals surface area contributed by atoms with Crippen LogP contribution in [0.1, 0.15) is 19.0 Å². The molecular formula is C10H18N4. The van der Waals surface area contributed by atoms with Crippen molar-refractivity contribution in [3.05, 3.63) is 24.3 Å². The number of hydrogen-bond acceptors (Lipinski definition) is 4. The lowest BCUT2D eigenvalue weighted by atomic mass is 10.4. The summed E-state index contributed by atoms with van der Waals surface area (Å²) in [5.74, 6) is 0. The molecule has 0 radical (unpaired) electrons. The van der Waals surface area contributed by atoms with Gasteiger partial charge in [0.1, 0.15) is 0 Å². The fraction of sp³-hybridized carbons (Fsp3) is 0.600. The Balaban J connectivity index is 1.99. The summed E-state index contributed by atoms with van der Waals surface area (Å²) in [5.41, 5.74) is 0.996. The van der Waals surface area contributed by atoms with Crippen LogP contribution in [0, 0.1) is 0 Å². The second-order valence-corrected chi connectivity index (χ2v) is 3.08. The summed E-state index contributed by atoms with van der Waals surface area (Å²) in [7, 11) is 0. The largest absolute Gasteiger partial charge is 0.317 e. The first-order valence-electron chi connectivity index (χ1n) is 5.10. The minimum absolute atomic E-state index is 0.806. The van der Waals surface area contributed by atoms with Crippen molar-refractivity contribution in [2.45, 2.75) is 19.9 Å². The van der Waals surface area contributed by atoms with Crippen LogP contribution in [0.5, 0.6) is 0 Å². The molecule has 0 spiro atoms. The van der Waals surface area contributed by atoms with Gasteiger partial charge in [-0.15, -0.1) is 0 Å². The van der Waals surface area contributed by atoms with Gasteiger partial charge in [-0.3, -0.25) is 9.97 Å². The van der Waals surface area contributed by atoms with Crippen molar-refractivity contribution < 1.29 is 0 Å². The Bertz CT molecular complexity index is 225. The monoisotopic (exact) mass is 194 g/mol. The predicted molar refractivity (Wildman–Crippen MR) is 56.9 cm³/mol. The predicted octanol–water partition coefficient (Wildman–Crippen LogP) is 0.566. The molecule has 4 heteroatoms. The lowest BCUT2D eigenvalue weighted by molar-refractivity contribution is 0.600. The van der Waals surface area contributed by atoms with E-state index in [0.29, 0.717) is 0 Å². The van der Waals surface area contributed by atoms with Gasteiger partial charge in [0.2, 0.25) is 0 Å². The topological polar surface area (TPSA) is 49.8 Å². The minimum Gasteiger partial charge on any atom is -0.317 e. The molecule has 0 aromatic carbocycles. The highest BCUT2D eigenvalue weighted by Gasteiger charge is 1.92. The quantitative estimate of drug-likeness (QED) is 0.623. The third-order valence-corrected chi connectivity index (χ3v) is 1.88. The zero-order valence-corrected chi connectivity index (χ0v) is 8.66. The summed E-state index contributed by atoms with van der Waals surface area (Å²) in [6.45, 7) is 6.06. The molecule has 1 aromatic rings. The lowest BCUT2D eigenvalue weighted by Gasteiger charge is -2.03. The van der Waals surface area contributed by atoms with E-state index in [2.05, 4.69) is 27.5 Å². The van der Waals surface area contributed by atoms with Gasteiger partial charge in [0.15, 0.2) is 0 Å². The van der Waals surface area contributed by atoms with Crippen LogP contribution in [0.2, 0.25) is 0 Å². The van der Waals surface area contributed by atoms with Crippen molar-refractivity contribution in [2.75, 3.05) is 19.6 Å². The van der Waals surface area contributed by atoms with Gasteiger partial charge < -0.3 is 10.6 Å². The SMILES string of the molecule is CCNCCCNCc1cnccn1. The minimum atomic E-state index is 0.806. The number of nitrogens with zero attached hydrogens (tertiary/aromatic N) is 2. The molecule has 0 unspecified atom stereocenters. The highest BCUT2D eigenvalue weighted by molar-refractivity contribution is 4.93. The van der Waals surface area contributed by atoms with E-state index in [1.807, 2.05) is 0 Å². The van der Waals surface area contributed by atoms with Gasteiger partial charge >= 0.3 is 0 Å². The Hall–Kier alpha value is -1.00. The van der Waals surface area contributed by atoms with Crippen molar-refractivity contribution >= 4 is 0 Å². The van der Waals surface area contributed by atoms with Crippen LogP contribution in [0.3, 0.4) is 0 Å². The highest BCUT2D eigenvalue weighted by atomic mass is 14.9. The van der Waals surface area contributed by atoms with Gasteiger partial charge in [0, 0.05) is 25.1 Å². The Labute approximate surface area is 85.2 Å². The number of aromatic nitrogens is 2. The number of rotatable bonds is 7. The molecule has 0 bridgehead atoms. The molecule has 1 aromatic heterocycles. The first kappa shape index (κ1) is 11.1. The first-order valence-corrected chi connectivity index (χ1v) is 5.10. The Morgan fingerprint density at radius 2 is 2.07 bits per heavy atom. The molecule has 78 valence electrons. The van der Waals surface area contributed by atoms with Gasteiger partial charge in [0.05, 0.1) is 5.69 Å². The van der Waals surface area contributed by atoms with Crippen molar-refractivity contribution in [1.29, 1.82) is 0 Å². The maximum absolute atomic E-state index is 4.17. The summed E-state index contributed by atoms with van der Waals surface area (Å²) in [6, 6.07) is 0. The zero-order valence-electron chi connectivity index (χ0n) is 8.66. The number of hydrogen-bond donors (Lipinski definition) is 2. The van der Waals surface area contributed by atoms with Gasteiger partial charge in [-0.1, -0.05) is 6.92 Å². The normalized spacial score (nSPS) is 10.4. The van der Waals surface area contributed by atoms with Gasteiger partial charge in [0.25, 0.3) is 0 Å². The van der Waals surface area contributed by atoms with E-state index in [9.17, 15) is 0 Å². The maximum atomic E-state index is 4.17. The van der Waals surface area contributed by atoms with E-state index >= 15 is 0 Å². The Kier molecular flexibility index (Phi) is 5.86. The summed E-state index contributed by atoms with van der Waals surface area (Å²) in [5, 5.41) is 6.60. The average molecular weight is 194 g/mol. The van der Waals surface area contributed by atoms with Gasteiger partial charge in [-0.05, 0) is 26.1 Å². The highest BCUT2D eigenvalue weighted by Crippen LogP contribution is 1.88. The molecule has 1 rings (SSSR count). The first-order chi connectivity index (χ1) is 6.93. The summed E-state index contributed by atoms with van der Waals surface area (Å²) in [6.07, 6.45) is 6.34. The van der Waals surface area contributed by atoms with E-state index in [1.165, 1.54) is 0 Å². The molecule has 14 heavy (non-hydrogen) atoms. The summed E-state index contributed by atoms with van der Waals surface area (Å²) >= 11 is 0. The molecule has 1 heterocycles. The van der Waals surface area contributed by atoms with Crippen LogP contribution < -0.4 is 10.6 Å². The average Bonchev–Trinajstić information content (AvgIpc) is 2.25. The summed E-state index contributed by atoms with van der Waals surface area (Å²) < 4.78 is 0. The van der Waals surface area contributed by atoms with Crippen LogP contribution >= 0.6 is 0 Å². The maximum Gasteiger partial charge on any atom is 0.0724 e. The van der Waals surface area contributed by atoms with E-state index in [0.717, 1.165) is 38.3 Å². The second-order valence-electron chi connectivity index (χ2n) is 3.08. The fourth-order valence-corrected chi connectivity index (χ4v) is 1.15. The molecule has 0 saturated carbocycles. The third kappa shape index (κ3) is 4.89. The summed E-state index contributed by atoms with van der Waals surface area (Å²) in [4.78, 5) is 8.17. The van der Waals surface area contributed by atoms with Crippen LogP contribution in [0.4, 0.5) is 0 Å². The van der Waals surface area contributed by atoms with Crippen LogP contribution in [0.25, 0.3) is 0 Å². The van der Waals surface area contributed by atoms with Crippen LogP contribution in [-0.2, 0) is 6.54 Å². The van der Waals surface area contributed by atoms with Crippen molar-refractivity contribution in [3.8, 4) is 0 Å². The van der Waals surface area contributed by atoms with Crippen LogP contribution in [0.15, 0.2) is 18.6 Å². The smallest absolute Gasteiger partial charge is 0.0724 e. The van der Waals surface area contributed by atoms with E-state index in [1.54, 1.807) is 18.6 Å². The molecule has 4 nitrogen and oxygen atoms in total. The molecule has 0 atom stereocenters. The van der Waals surface area contributed by atoms with E-state index in [-0.39, 0.29) is 0 Å². The zero-order chi connectivity index (χ0) is 10.1. The van der Waals surface area contributed by atoms with Gasteiger partial charge in [-0.25, -0.2) is 0 Å². The lowest BCUT2D eigenvalue weighted by Crippen LogP contribution is -2.21. The molecular weight excluding hydrogens is 176 g/mol. The third-order valence-electron chi connectivity index (χ3n) is 1.88. The van der Waals surface area contributed by atoms with Crippen molar-refractivity contribution in [3.63, 3.8) is 0 Å². The molecule has 0 aliphatic carbocycles. The van der Waals surface area contributed by atoms with Crippen LogP contribution in [-0.4, -0.2) is 29.6 Å². The fourth-order valence-electron chi connectivity index (χ4n) is 1.15. The van der Waals surface area contributed by atoms with Crippen molar-refractivity contribution in [2.24, 2.45) is 0 Å². The molecule has 0 aliphatic rings. The second kappa shape index (κ2) is 7.41. The van der Waals surface area contributed by atoms with Gasteiger partial charge in [-0.2, -0.15) is 0 Å². The molecule has 2 N–H and O–H groups in total.